The molecule has 1 fully saturated rings. The van der Waals surface area contributed by atoms with Crippen molar-refractivity contribution in [2.45, 2.75) is 12.1 Å². The summed E-state index contributed by atoms with van der Waals surface area (Å²) in [7, 11) is 0. The predicted octanol–water partition coefficient (Wildman–Crippen LogP) is 2.91. The van der Waals surface area contributed by atoms with Crippen molar-refractivity contribution in [2.75, 3.05) is 18.5 Å². The van der Waals surface area contributed by atoms with E-state index < -0.39 is 0 Å². The molecule has 1 aromatic carbocycles. The van der Waals surface area contributed by atoms with E-state index in [4.69, 9.17) is 4.74 Å². The van der Waals surface area contributed by atoms with E-state index in [0.29, 0.717) is 18.9 Å². The molecule has 4 heterocycles. The van der Waals surface area contributed by atoms with Gasteiger partial charge in [-0.2, -0.15) is 5.10 Å². The number of nitrogens with zero attached hydrogens (tertiary/aromatic N) is 4. The maximum absolute atomic E-state index is 12.6. The minimum absolute atomic E-state index is 0.123. The largest absolute Gasteiger partial charge is 0.377 e. The third-order valence-corrected chi connectivity index (χ3v) is 5.14. The molecule has 1 aliphatic heterocycles. The fraction of sp³-hybridized carbons (Fsp3) is 0.182. The molecule has 5 rings (SSSR count). The van der Waals surface area contributed by atoms with Crippen LogP contribution in [0.4, 0.5) is 5.82 Å². The van der Waals surface area contributed by atoms with E-state index in [1.165, 1.54) is 4.68 Å². The average molecular weight is 385 g/mol. The highest BCUT2D eigenvalue weighted by Crippen LogP contribution is 2.26. The molecule has 1 aliphatic rings. The van der Waals surface area contributed by atoms with Crippen molar-refractivity contribution in [2.24, 2.45) is 0 Å². The summed E-state index contributed by atoms with van der Waals surface area (Å²) in [6, 6.07) is 16.7. The number of hydrogen-bond acceptors (Lipinski definition) is 6. The van der Waals surface area contributed by atoms with Gasteiger partial charge in [0, 0.05) is 35.6 Å². The first-order valence-corrected chi connectivity index (χ1v) is 9.48. The van der Waals surface area contributed by atoms with Crippen molar-refractivity contribution in [1.82, 2.24) is 19.7 Å². The number of pyridine rings is 2. The van der Waals surface area contributed by atoms with Crippen LogP contribution in [0.5, 0.6) is 0 Å². The van der Waals surface area contributed by atoms with Crippen molar-refractivity contribution < 1.29 is 4.74 Å². The maximum Gasteiger partial charge on any atom is 0.267 e. The van der Waals surface area contributed by atoms with Crippen LogP contribution in [0.25, 0.3) is 22.0 Å². The lowest BCUT2D eigenvalue weighted by Crippen LogP contribution is -2.37. The number of ether oxygens (including phenoxy) is 1. The summed E-state index contributed by atoms with van der Waals surface area (Å²) in [5.74, 6) is 0.778. The van der Waals surface area contributed by atoms with Crippen LogP contribution in [0.2, 0.25) is 0 Å². The Morgan fingerprint density at radius 2 is 1.93 bits per heavy atom. The molecule has 1 N–H and O–H groups in total. The lowest BCUT2D eigenvalue weighted by Gasteiger charge is -2.22. The van der Waals surface area contributed by atoms with Gasteiger partial charge in [0.1, 0.15) is 11.9 Å². The lowest BCUT2D eigenvalue weighted by molar-refractivity contribution is 0.183. The zero-order valence-corrected chi connectivity index (χ0v) is 15.6. The summed E-state index contributed by atoms with van der Waals surface area (Å²) in [5.41, 5.74) is 1.40. The van der Waals surface area contributed by atoms with Gasteiger partial charge in [0.15, 0.2) is 0 Å². The third-order valence-electron chi connectivity index (χ3n) is 5.14. The molecular weight excluding hydrogens is 366 g/mol. The Hall–Kier alpha value is -3.58. The van der Waals surface area contributed by atoms with Crippen LogP contribution >= 0.6 is 0 Å². The number of fused-ring (bicyclic) bond motifs is 1. The van der Waals surface area contributed by atoms with E-state index in [9.17, 15) is 4.79 Å². The molecule has 0 saturated carbocycles. The van der Waals surface area contributed by atoms with Gasteiger partial charge in [-0.15, -0.1) is 0 Å². The highest BCUT2D eigenvalue weighted by Gasteiger charge is 2.32. The van der Waals surface area contributed by atoms with Gasteiger partial charge in [0.25, 0.3) is 5.56 Å². The zero-order chi connectivity index (χ0) is 19.6. The standard InChI is InChI=1S/C22H19N5O2/c28-21-8-7-18(16-5-3-10-23-12-16)26-27(21)20-14-29-13-19(20)25-22-17-6-2-1-4-15(17)9-11-24-22/h1-12,19-20H,13-14H2,(H,24,25). The fourth-order valence-corrected chi connectivity index (χ4v) is 3.66. The number of benzene rings is 1. The van der Waals surface area contributed by atoms with Gasteiger partial charge in [-0.25, -0.2) is 9.67 Å². The Balaban J connectivity index is 1.49. The summed E-state index contributed by atoms with van der Waals surface area (Å²) in [6.07, 6.45) is 5.22. The van der Waals surface area contributed by atoms with Crippen LogP contribution in [-0.2, 0) is 4.74 Å². The summed E-state index contributed by atoms with van der Waals surface area (Å²) in [4.78, 5) is 21.2. The second-order valence-electron chi connectivity index (χ2n) is 6.98. The molecule has 3 aromatic heterocycles. The smallest absolute Gasteiger partial charge is 0.267 e. The van der Waals surface area contributed by atoms with Crippen LogP contribution in [-0.4, -0.2) is 39.0 Å². The quantitative estimate of drug-likeness (QED) is 0.582. The minimum Gasteiger partial charge on any atom is -0.377 e. The number of rotatable bonds is 4. The van der Waals surface area contributed by atoms with Gasteiger partial charge in [-0.05, 0) is 29.7 Å². The predicted molar refractivity (Wildman–Crippen MR) is 111 cm³/mol. The Labute approximate surface area is 167 Å². The molecular formula is C22H19N5O2. The molecule has 4 aromatic rings. The van der Waals surface area contributed by atoms with E-state index in [2.05, 4.69) is 20.4 Å². The van der Waals surface area contributed by atoms with Crippen LogP contribution in [0.15, 0.2) is 78.0 Å². The van der Waals surface area contributed by atoms with Crippen molar-refractivity contribution in [3.8, 4) is 11.3 Å². The number of anilines is 1. The number of nitrogens with one attached hydrogen (secondary N) is 1. The first-order valence-electron chi connectivity index (χ1n) is 9.48. The SMILES string of the molecule is O=c1ccc(-c2cccnc2)nn1C1COCC1Nc1nccc2ccccc12. The number of aromatic nitrogens is 4. The Kier molecular flexibility index (Phi) is 4.50. The monoisotopic (exact) mass is 385 g/mol. The topological polar surface area (TPSA) is 81.9 Å². The van der Waals surface area contributed by atoms with Crippen LogP contribution in [0, 0.1) is 0 Å². The van der Waals surface area contributed by atoms with Gasteiger partial charge in [0.2, 0.25) is 0 Å². The zero-order valence-electron chi connectivity index (χ0n) is 15.6. The van der Waals surface area contributed by atoms with Crippen LogP contribution in [0.1, 0.15) is 6.04 Å². The molecule has 0 bridgehead atoms. The molecule has 0 aliphatic carbocycles. The van der Waals surface area contributed by atoms with E-state index in [0.717, 1.165) is 22.2 Å². The van der Waals surface area contributed by atoms with Gasteiger partial charge < -0.3 is 10.1 Å². The fourth-order valence-electron chi connectivity index (χ4n) is 3.66. The molecule has 7 heteroatoms. The van der Waals surface area contributed by atoms with Gasteiger partial charge in [-0.1, -0.05) is 24.3 Å². The first kappa shape index (κ1) is 17.5. The molecule has 1 saturated heterocycles. The van der Waals surface area contributed by atoms with Crippen molar-refractivity contribution in [3.05, 3.63) is 83.5 Å². The molecule has 2 atom stereocenters. The second kappa shape index (κ2) is 7.44. The second-order valence-corrected chi connectivity index (χ2v) is 6.98. The Morgan fingerprint density at radius 3 is 2.83 bits per heavy atom. The normalized spacial score (nSPS) is 18.8. The highest BCUT2D eigenvalue weighted by atomic mass is 16.5. The first-order chi connectivity index (χ1) is 14.3. The third kappa shape index (κ3) is 3.36. The van der Waals surface area contributed by atoms with E-state index in [1.54, 1.807) is 30.7 Å². The Bertz CT molecular complexity index is 1200. The number of hydrogen-bond donors (Lipinski definition) is 1. The molecule has 0 spiro atoms. The van der Waals surface area contributed by atoms with Crippen molar-refractivity contribution in [1.29, 1.82) is 0 Å². The summed E-state index contributed by atoms with van der Waals surface area (Å²) >= 11 is 0. The summed E-state index contributed by atoms with van der Waals surface area (Å²) in [6.45, 7) is 0.882. The average Bonchev–Trinajstić information content (AvgIpc) is 3.23. The molecule has 7 nitrogen and oxygen atoms in total. The van der Waals surface area contributed by atoms with Crippen LogP contribution < -0.4 is 10.9 Å². The summed E-state index contributed by atoms with van der Waals surface area (Å²) < 4.78 is 7.22. The molecule has 0 radical (unpaired) electrons. The summed E-state index contributed by atoms with van der Waals surface area (Å²) in [5, 5.41) is 10.2. The molecule has 29 heavy (non-hydrogen) atoms. The van der Waals surface area contributed by atoms with Crippen LogP contribution in [0.3, 0.4) is 0 Å². The maximum atomic E-state index is 12.6. The van der Waals surface area contributed by atoms with Crippen molar-refractivity contribution >= 4 is 16.6 Å². The van der Waals surface area contributed by atoms with Gasteiger partial charge in [0.05, 0.1) is 24.9 Å². The van der Waals surface area contributed by atoms with E-state index in [1.807, 2.05) is 42.5 Å². The molecule has 144 valence electrons. The van der Waals surface area contributed by atoms with Gasteiger partial charge >= 0.3 is 0 Å². The lowest BCUT2D eigenvalue weighted by atomic mass is 10.1. The van der Waals surface area contributed by atoms with Gasteiger partial charge in [-0.3, -0.25) is 9.78 Å². The van der Waals surface area contributed by atoms with E-state index >= 15 is 0 Å². The Morgan fingerprint density at radius 1 is 1.00 bits per heavy atom. The van der Waals surface area contributed by atoms with E-state index in [-0.39, 0.29) is 17.6 Å². The molecule has 2 unspecified atom stereocenters. The highest BCUT2D eigenvalue weighted by molar-refractivity contribution is 5.91. The van der Waals surface area contributed by atoms with Crippen molar-refractivity contribution in [3.63, 3.8) is 0 Å². The minimum atomic E-state index is -0.236. The molecule has 0 amide bonds.